The van der Waals surface area contributed by atoms with Crippen LogP contribution in [0.5, 0.6) is 0 Å². The molecule has 0 bridgehead atoms. The molecule has 0 unspecified atom stereocenters. The first-order valence-electron chi connectivity index (χ1n) is 5.30. The van der Waals surface area contributed by atoms with Gasteiger partial charge in [-0.05, 0) is 43.7 Å². The smallest absolute Gasteiger partial charge is 0.336 e. The van der Waals surface area contributed by atoms with Crippen LogP contribution in [0, 0.1) is 0 Å². The number of hydrogen-bond donors (Lipinski definition) is 1. The highest BCUT2D eigenvalue weighted by Gasteiger charge is 2.26. The molecule has 2 rings (SSSR count). The van der Waals surface area contributed by atoms with Crippen molar-refractivity contribution in [2.45, 2.75) is 25.4 Å². The van der Waals surface area contributed by atoms with E-state index in [2.05, 4.69) is 20.8 Å². The first-order chi connectivity index (χ1) is 7.58. The van der Waals surface area contributed by atoms with E-state index < -0.39 is 5.97 Å². The topological polar surface area (TPSA) is 40.5 Å². The molecule has 0 atom stereocenters. The molecule has 1 saturated carbocycles. The van der Waals surface area contributed by atoms with E-state index in [-0.39, 0.29) is 0 Å². The molecule has 1 aromatic carbocycles. The molecule has 3 nitrogen and oxygen atoms in total. The summed E-state index contributed by atoms with van der Waals surface area (Å²) in [6, 6.07) is 5.95. The minimum atomic E-state index is -0.855. The number of nitrogens with zero attached hydrogens (tertiary/aromatic N) is 1. The fraction of sp³-hybridized carbons (Fsp3) is 0.417. The predicted molar refractivity (Wildman–Crippen MR) is 65.6 cm³/mol. The van der Waals surface area contributed by atoms with E-state index in [0.29, 0.717) is 18.2 Å². The lowest BCUT2D eigenvalue weighted by Gasteiger charge is -2.17. The Kier molecular flexibility index (Phi) is 3.30. The predicted octanol–water partition coefficient (Wildman–Crippen LogP) is 2.74. The van der Waals surface area contributed by atoms with E-state index in [1.54, 1.807) is 12.1 Å². The average Bonchev–Trinajstić information content (AvgIpc) is 2.99. The largest absolute Gasteiger partial charge is 0.478 e. The van der Waals surface area contributed by atoms with Crippen LogP contribution >= 0.6 is 15.9 Å². The van der Waals surface area contributed by atoms with Gasteiger partial charge < -0.3 is 5.11 Å². The number of hydrogen-bond acceptors (Lipinski definition) is 2. The summed E-state index contributed by atoms with van der Waals surface area (Å²) in [6.45, 7) is 0.700. The van der Waals surface area contributed by atoms with Crippen LogP contribution in [0.15, 0.2) is 22.7 Å². The second-order valence-electron chi connectivity index (χ2n) is 4.25. The van der Waals surface area contributed by atoms with Crippen molar-refractivity contribution in [2.24, 2.45) is 0 Å². The third-order valence-electron chi connectivity index (χ3n) is 2.89. The van der Waals surface area contributed by atoms with Crippen LogP contribution in [0.3, 0.4) is 0 Å². The Morgan fingerprint density at radius 2 is 2.25 bits per heavy atom. The molecular weight excluding hydrogens is 270 g/mol. The summed E-state index contributed by atoms with van der Waals surface area (Å²) in [4.78, 5) is 13.3. The van der Waals surface area contributed by atoms with Crippen molar-refractivity contribution < 1.29 is 9.90 Å². The third-order valence-corrected chi connectivity index (χ3v) is 3.38. The molecule has 1 aromatic rings. The second kappa shape index (κ2) is 4.55. The van der Waals surface area contributed by atoms with E-state index in [0.717, 1.165) is 10.0 Å². The van der Waals surface area contributed by atoms with E-state index >= 15 is 0 Å². The molecule has 0 aliphatic heterocycles. The van der Waals surface area contributed by atoms with Crippen LogP contribution in [0.25, 0.3) is 0 Å². The number of benzene rings is 1. The second-order valence-corrected chi connectivity index (χ2v) is 5.17. The molecule has 0 amide bonds. The zero-order valence-electron chi connectivity index (χ0n) is 9.11. The zero-order chi connectivity index (χ0) is 11.7. The van der Waals surface area contributed by atoms with Gasteiger partial charge in [0.2, 0.25) is 0 Å². The van der Waals surface area contributed by atoms with Crippen LogP contribution in [0.1, 0.15) is 28.8 Å². The van der Waals surface area contributed by atoms with Crippen molar-refractivity contribution in [3.8, 4) is 0 Å². The van der Waals surface area contributed by atoms with Gasteiger partial charge in [0, 0.05) is 17.1 Å². The minimum absolute atomic E-state index is 0.399. The fourth-order valence-corrected chi connectivity index (χ4v) is 2.22. The molecular formula is C12H14BrNO2. The van der Waals surface area contributed by atoms with Gasteiger partial charge in [-0.2, -0.15) is 0 Å². The Bertz CT molecular complexity index is 415. The van der Waals surface area contributed by atoms with Gasteiger partial charge in [-0.3, -0.25) is 4.90 Å². The van der Waals surface area contributed by atoms with Gasteiger partial charge >= 0.3 is 5.97 Å². The highest BCUT2D eigenvalue weighted by molar-refractivity contribution is 9.10. The fourth-order valence-electron chi connectivity index (χ4n) is 1.81. The van der Waals surface area contributed by atoms with Crippen LogP contribution in [-0.4, -0.2) is 29.1 Å². The maximum Gasteiger partial charge on any atom is 0.336 e. The number of carboxylic acid groups (broad SMARTS) is 1. The zero-order valence-corrected chi connectivity index (χ0v) is 10.7. The van der Waals surface area contributed by atoms with Crippen molar-refractivity contribution >= 4 is 21.9 Å². The average molecular weight is 284 g/mol. The van der Waals surface area contributed by atoms with Gasteiger partial charge in [0.05, 0.1) is 5.56 Å². The van der Waals surface area contributed by atoms with Gasteiger partial charge in [-0.1, -0.05) is 15.9 Å². The van der Waals surface area contributed by atoms with Crippen LogP contribution < -0.4 is 0 Å². The number of rotatable bonds is 4. The highest BCUT2D eigenvalue weighted by atomic mass is 79.9. The Labute approximate surface area is 103 Å². The Balaban J connectivity index is 2.22. The molecule has 0 spiro atoms. The van der Waals surface area contributed by atoms with Crippen molar-refractivity contribution in [2.75, 3.05) is 7.05 Å². The molecule has 1 fully saturated rings. The van der Waals surface area contributed by atoms with E-state index in [9.17, 15) is 4.79 Å². The van der Waals surface area contributed by atoms with Crippen molar-refractivity contribution in [3.63, 3.8) is 0 Å². The molecule has 0 heterocycles. The van der Waals surface area contributed by atoms with Crippen molar-refractivity contribution in [1.29, 1.82) is 0 Å². The molecule has 0 aromatic heterocycles. The van der Waals surface area contributed by atoms with E-state index in [4.69, 9.17) is 5.11 Å². The van der Waals surface area contributed by atoms with Gasteiger partial charge in [0.25, 0.3) is 0 Å². The van der Waals surface area contributed by atoms with E-state index in [1.807, 2.05) is 13.1 Å². The summed E-state index contributed by atoms with van der Waals surface area (Å²) in [5, 5.41) is 9.09. The molecule has 4 heteroatoms. The maximum atomic E-state index is 11.1. The normalized spacial score (nSPS) is 15.4. The van der Waals surface area contributed by atoms with Crippen LogP contribution in [0.2, 0.25) is 0 Å². The van der Waals surface area contributed by atoms with Gasteiger partial charge in [0.15, 0.2) is 0 Å². The lowest BCUT2D eigenvalue weighted by molar-refractivity contribution is 0.0694. The summed E-state index contributed by atoms with van der Waals surface area (Å²) in [6.07, 6.45) is 2.46. The van der Waals surface area contributed by atoms with Crippen molar-refractivity contribution in [1.82, 2.24) is 4.90 Å². The van der Waals surface area contributed by atoms with E-state index in [1.165, 1.54) is 12.8 Å². The summed E-state index contributed by atoms with van der Waals surface area (Å²) in [5.74, 6) is -0.855. The number of halogens is 1. The van der Waals surface area contributed by atoms with Crippen molar-refractivity contribution in [3.05, 3.63) is 33.8 Å². The Morgan fingerprint density at radius 1 is 1.56 bits per heavy atom. The van der Waals surface area contributed by atoms with Crippen LogP contribution in [0.4, 0.5) is 0 Å². The molecule has 0 saturated heterocycles. The monoisotopic (exact) mass is 283 g/mol. The Hall–Kier alpha value is -0.870. The lowest BCUT2D eigenvalue weighted by Crippen LogP contribution is -2.21. The first kappa shape index (κ1) is 11.6. The SMILES string of the molecule is CN(Cc1cc(Br)ccc1C(=O)O)C1CC1. The highest BCUT2D eigenvalue weighted by Crippen LogP contribution is 2.28. The molecule has 1 N–H and O–H groups in total. The standard InChI is InChI=1S/C12H14BrNO2/c1-14(10-3-4-10)7-8-6-9(13)2-5-11(8)12(15)16/h2,5-6,10H,3-4,7H2,1H3,(H,15,16). The summed E-state index contributed by atoms with van der Waals surface area (Å²) >= 11 is 3.38. The number of aromatic carboxylic acids is 1. The quantitative estimate of drug-likeness (QED) is 0.924. The molecule has 1 aliphatic carbocycles. The molecule has 86 valence electrons. The lowest BCUT2D eigenvalue weighted by atomic mass is 10.1. The summed E-state index contributed by atoms with van der Waals surface area (Å²) < 4.78 is 0.927. The molecule has 0 radical (unpaired) electrons. The molecule has 1 aliphatic rings. The minimum Gasteiger partial charge on any atom is -0.478 e. The first-order valence-corrected chi connectivity index (χ1v) is 6.09. The summed E-state index contributed by atoms with van der Waals surface area (Å²) in [7, 11) is 2.05. The van der Waals surface area contributed by atoms with Gasteiger partial charge in [0.1, 0.15) is 0 Å². The van der Waals surface area contributed by atoms with Crippen LogP contribution in [-0.2, 0) is 6.54 Å². The summed E-state index contributed by atoms with van der Waals surface area (Å²) in [5.41, 5.74) is 1.27. The van der Waals surface area contributed by atoms with Gasteiger partial charge in [-0.15, -0.1) is 0 Å². The third kappa shape index (κ3) is 2.62. The molecule has 16 heavy (non-hydrogen) atoms. The number of carboxylic acids is 1. The Morgan fingerprint density at radius 3 is 2.81 bits per heavy atom. The maximum absolute atomic E-state index is 11.1. The number of carbonyl (C=O) groups is 1. The van der Waals surface area contributed by atoms with Gasteiger partial charge in [-0.25, -0.2) is 4.79 Å².